The first kappa shape index (κ1) is 24.0. The summed E-state index contributed by atoms with van der Waals surface area (Å²) in [7, 11) is -2.96. The Bertz CT molecular complexity index is 693. The summed E-state index contributed by atoms with van der Waals surface area (Å²) in [5.74, 6) is 0. The fraction of sp³-hybridized carbons (Fsp3) is 0.583. The summed E-state index contributed by atoms with van der Waals surface area (Å²) in [6.07, 6.45) is 4.47. The Morgan fingerprint density at radius 3 is 2.14 bits per heavy atom. The molecule has 0 fully saturated rings. The van der Waals surface area contributed by atoms with Gasteiger partial charge in [0, 0.05) is 25.9 Å². The molecule has 0 radical (unpaired) electrons. The minimum Gasteiger partial charge on any atom is -0.373 e. The van der Waals surface area contributed by atoms with Crippen LogP contribution in [0.3, 0.4) is 0 Å². The molecule has 0 aliphatic heterocycles. The highest BCUT2D eigenvalue weighted by Crippen LogP contribution is 2.26. The van der Waals surface area contributed by atoms with Gasteiger partial charge in [-0.3, -0.25) is 0 Å². The Morgan fingerprint density at radius 2 is 1.48 bits per heavy atom. The van der Waals surface area contributed by atoms with Crippen LogP contribution in [-0.4, -0.2) is 34.9 Å². The first-order valence-corrected chi connectivity index (χ1v) is 13.1. The summed E-state index contributed by atoms with van der Waals surface area (Å²) in [5.41, 5.74) is 1.21. The summed E-state index contributed by atoms with van der Waals surface area (Å²) in [4.78, 5) is 0. The molecule has 5 heteroatoms. The Balaban J connectivity index is 2.32. The minimum absolute atomic E-state index is 0.295. The molecule has 162 valence electrons. The SMILES string of the molecule is CCCCOC(CC)O[Si](Cc1cccc2ccccc12)(OCCC)OCCC. The van der Waals surface area contributed by atoms with Gasteiger partial charge in [-0.2, -0.15) is 0 Å². The smallest absolute Gasteiger partial charge is 0.373 e. The molecule has 0 amide bonds. The normalized spacial score (nSPS) is 13.1. The van der Waals surface area contributed by atoms with Gasteiger partial charge in [-0.05, 0) is 42.0 Å². The van der Waals surface area contributed by atoms with E-state index in [1.165, 1.54) is 16.3 Å². The maximum absolute atomic E-state index is 6.56. The van der Waals surface area contributed by atoms with Crippen LogP contribution in [0.5, 0.6) is 0 Å². The molecule has 4 nitrogen and oxygen atoms in total. The highest BCUT2D eigenvalue weighted by Gasteiger charge is 2.44. The van der Waals surface area contributed by atoms with Gasteiger partial charge >= 0.3 is 8.80 Å². The van der Waals surface area contributed by atoms with E-state index in [4.69, 9.17) is 18.0 Å². The monoisotopic (exact) mass is 418 g/mol. The van der Waals surface area contributed by atoms with Gasteiger partial charge in [-0.25, -0.2) is 0 Å². The molecule has 1 unspecified atom stereocenters. The number of unbranched alkanes of at least 4 members (excludes halogenated alkanes) is 1. The van der Waals surface area contributed by atoms with Gasteiger partial charge in [0.25, 0.3) is 0 Å². The van der Waals surface area contributed by atoms with E-state index in [9.17, 15) is 0 Å². The van der Waals surface area contributed by atoms with Crippen LogP contribution in [0.4, 0.5) is 0 Å². The van der Waals surface area contributed by atoms with Gasteiger partial charge in [-0.15, -0.1) is 0 Å². The lowest BCUT2D eigenvalue weighted by molar-refractivity contribution is -0.122. The molecule has 0 N–H and O–H groups in total. The third-order valence-corrected chi connectivity index (χ3v) is 7.51. The van der Waals surface area contributed by atoms with E-state index in [1.807, 2.05) is 0 Å². The lowest BCUT2D eigenvalue weighted by Crippen LogP contribution is -2.51. The summed E-state index contributed by atoms with van der Waals surface area (Å²) < 4.78 is 25.4. The third-order valence-electron chi connectivity index (χ3n) is 4.79. The Morgan fingerprint density at radius 1 is 0.793 bits per heavy atom. The molecule has 1 atom stereocenters. The van der Waals surface area contributed by atoms with E-state index < -0.39 is 8.80 Å². The minimum atomic E-state index is -2.96. The standard InChI is InChI=1S/C24H38O4Si/c1-5-9-19-25-24(8-4)28-29(26-17-6-2,27-18-7-3)20-22-15-12-14-21-13-10-11-16-23(21)22/h10-16,24H,5-9,17-20H2,1-4H3. The highest BCUT2D eigenvalue weighted by atomic mass is 28.4. The van der Waals surface area contributed by atoms with Crippen LogP contribution in [-0.2, 0) is 24.1 Å². The summed E-state index contributed by atoms with van der Waals surface area (Å²) in [5, 5.41) is 2.46. The van der Waals surface area contributed by atoms with E-state index in [-0.39, 0.29) is 6.29 Å². The molecule has 2 aromatic rings. The van der Waals surface area contributed by atoms with Gasteiger partial charge in [0.1, 0.15) is 0 Å². The van der Waals surface area contributed by atoms with Crippen LogP contribution in [0, 0.1) is 0 Å². The van der Waals surface area contributed by atoms with Crippen LogP contribution >= 0.6 is 0 Å². The van der Waals surface area contributed by atoms with Crippen molar-refractivity contribution in [1.82, 2.24) is 0 Å². The average Bonchev–Trinajstić information content (AvgIpc) is 2.76. The maximum Gasteiger partial charge on any atom is 0.507 e. The van der Waals surface area contributed by atoms with Crippen LogP contribution in [0.2, 0.25) is 0 Å². The molecular formula is C24H38O4Si. The van der Waals surface area contributed by atoms with E-state index in [0.29, 0.717) is 25.9 Å². The van der Waals surface area contributed by atoms with Crippen LogP contribution < -0.4 is 0 Å². The van der Waals surface area contributed by atoms with Crippen molar-refractivity contribution in [3.63, 3.8) is 0 Å². The molecule has 2 rings (SSSR count). The summed E-state index contributed by atoms with van der Waals surface area (Å²) in [6, 6.07) is 15.5. The Kier molecular flexibility index (Phi) is 10.9. The molecule has 2 aromatic carbocycles. The van der Waals surface area contributed by atoms with E-state index in [2.05, 4.69) is 70.2 Å². The van der Waals surface area contributed by atoms with Crippen molar-refractivity contribution < 1.29 is 18.0 Å². The molecule has 0 saturated carbocycles. The second-order valence-corrected chi connectivity index (χ2v) is 9.91. The highest BCUT2D eigenvalue weighted by molar-refractivity contribution is 6.60. The van der Waals surface area contributed by atoms with Crippen molar-refractivity contribution in [3.8, 4) is 0 Å². The lowest BCUT2D eigenvalue weighted by Gasteiger charge is -2.33. The van der Waals surface area contributed by atoms with E-state index in [1.54, 1.807) is 0 Å². The summed E-state index contributed by atoms with van der Waals surface area (Å²) >= 11 is 0. The van der Waals surface area contributed by atoms with E-state index in [0.717, 1.165) is 32.1 Å². The first-order chi connectivity index (χ1) is 14.2. The summed E-state index contributed by atoms with van der Waals surface area (Å²) in [6.45, 7) is 10.5. The Labute approximate surface area is 177 Å². The number of rotatable bonds is 15. The van der Waals surface area contributed by atoms with Gasteiger partial charge in [0.05, 0.1) is 0 Å². The zero-order valence-corrected chi connectivity index (χ0v) is 19.6. The van der Waals surface area contributed by atoms with Crippen LogP contribution in [0.25, 0.3) is 10.8 Å². The number of hydrogen-bond acceptors (Lipinski definition) is 4. The molecule has 0 heterocycles. The number of benzene rings is 2. The molecule has 29 heavy (non-hydrogen) atoms. The van der Waals surface area contributed by atoms with Gasteiger partial charge < -0.3 is 18.0 Å². The first-order valence-electron chi connectivity index (χ1n) is 11.2. The topological polar surface area (TPSA) is 36.9 Å². The zero-order chi connectivity index (χ0) is 21.0. The lowest BCUT2D eigenvalue weighted by atomic mass is 10.1. The van der Waals surface area contributed by atoms with Crippen molar-refractivity contribution in [2.24, 2.45) is 0 Å². The van der Waals surface area contributed by atoms with Crippen molar-refractivity contribution >= 4 is 19.6 Å². The van der Waals surface area contributed by atoms with Gasteiger partial charge in [0.2, 0.25) is 0 Å². The van der Waals surface area contributed by atoms with Crippen molar-refractivity contribution in [3.05, 3.63) is 48.0 Å². The molecule has 0 aromatic heterocycles. The largest absolute Gasteiger partial charge is 0.507 e. The predicted molar refractivity (Wildman–Crippen MR) is 122 cm³/mol. The average molecular weight is 419 g/mol. The Hall–Kier alpha value is -1.24. The second kappa shape index (κ2) is 13.1. The molecule has 0 aliphatic rings. The number of fused-ring (bicyclic) bond motifs is 1. The van der Waals surface area contributed by atoms with Crippen LogP contribution in [0.1, 0.15) is 65.4 Å². The fourth-order valence-corrected chi connectivity index (χ4v) is 6.19. The molecule has 0 bridgehead atoms. The molecular weight excluding hydrogens is 380 g/mol. The van der Waals surface area contributed by atoms with E-state index >= 15 is 0 Å². The van der Waals surface area contributed by atoms with Crippen molar-refractivity contribution in [2.45, 2.75) is 72.1 Å². The predicted octanol–water partition coefficient (Wildman–Crippen LogP) is 6.28. The van der Waals surface area contributed by atoms with Crippen molar-refractivity contribution in [2.75, 3.05) is 19.8 Å². The van der Waals surface area contributed by atoms with Crippen LogP contribution in [0.15, 0.2) is 42.5 Å². The molecule has 0 spiro atoms. The van der Waals surface area contributed by atoms with Gasteiger partial charge in [-0.1, -0.05) is 76.6 Å². The van der Waals surface area contributed by atoms with Gasteiger partial charge in [0.15, 0.2) is 6.29 Å². The fourth-order valence-electron chi connectivity index (χ4n) is 3.24. The molecule has 0 saturated heterocycles. The number of hydrogen-bond donors (Lipinski definition) is 0. The maximum atomic E-state index is 6.56. The quantitative estimate of drug-likeness (QED) is 0.194. The molecule has 0 aliphatic carbocycles. The third kappa shape index (κ3) is 7.50. The second-order valence-electron chi connectivity index (χ2n) is 7.37. The number of ether oxygens (including phenoxy) is 1. The van der Waals surface area contributed by atoms with Crippen molar-refractivity contribution in [1.29, 1.82) is 0 Å². The zero-order valence-electron chi connectivity index (χ0n) is 18.6.